The van der Waals surface area contributed by atoms with E-state index in [0.717, 1.165) is 30.6 Å². The Balaban J connectivity index is 1.50. The van der Waals surface area contributed by atoms with Crippen LogP contribution in [0.2, 0.25) is 0 Å². The van der Waals surface area contributed by atoms with Crippen LogP contribution in [0.5, 0.6) is 0 Å². The Morgan fingerprint density at radius 1 is 0.950 bits per heavy atom. The van der Waals surface area contributed by atoms with Gasteiger partial charge in [0.1, 0.15) is 0 Å². The second-order valence-corrected chi connectivity index (χ2v) is 6.39. The molecule has 4 rings (SSSR count). The number of ether oxygens (including phenoxy) is 2. The quantitative estimate of drug-likeness (QED) is 0.785. The van der Waals surface area contributed by atoms with Gasteiger partial charge in [-0.2, -0.15) is 5.26 Å². The average Bonchev–Trinajstić information content (AvgIpc) is 3.02. The van der Waals surface area contributed by atoms with Gasteiger partial charge < -0.3 is 9.47 Å². The Kier molecular flexibility index (Phi) is 3.02. The standard InChI is InChI=1S/C17H19NO2/c18-8-11-1-3-12(4-2-11)17-19-9-15-13-5-6-14(7-13)16(15)10-20-17/h1-4,13-17H,5-7,9-10H2/t13-,14+,15-,16+,17?. The lowest BCUT2D eigenvalue weighted by atomic mass is 9.80. The summed E-state index contributed by atoms with van der Waals surface area (Å²) in [6.07, 6.45) is 3.91. The monoisotopic (exact) mass is 269 g/mol. The van der Waals surface area contributed by atoms with Crippen LogP contribution in [-0.2, 0) is 9.47 Å². The molecular formula is C17H19NO2. The van der Waals surface area contributed by atoms with Crippen molar-refractivity contribution < 1.29 is 9.47 Å². The van der Waals surface area contributed by atoms with Gasteiger partial charge in [-0.25, -0.2) is 0 Å². The van der Waals surface area contributed by atoms with Crippen molar-refractivity contribution >= 4 is 0 Å². The van der Waals surface area contributed by atoms with Crippen LogP contribution in [0.4, 0.5) is 0 Å². The summed E-state index contributed by atoms with van der Waals surface area (Å²) < 4.78 is 12.0. The summed E-state index contributed by atoms with van der Waals surface area (Å²) in [5, 5.41) is 8.85. The van der Waals surface area contributed by atoms with Gasteiger partial charge in [0.05, 0.1) is 24.8 Å². The lowest BCUT2D eigenvalue weighted by Crippen LogP contribution is -2.26. The predicted molar refractivity (Wildman–Crippen MR) is 73.6 cm³/mol. The first-order valence-corrected chi connectivity index (χ1v) is 7.58. The van der Waals surface area contributed by atoms with E-state index in [9.17, 15) is 0 Å². The molecule has 0 radical (unpaired) electrons. The van der Waals surface area contributed by atoms with Crippen LogP contribution in [-0.4, -0.2) is 13.2 Å². The first-order valence-electron chi connectivity index (χ1n) is 7.58. The summed E-state index contributed by atoms with van der Waals surface area (Å²) in [5.41, 5.74) is 1.70. The maximum atomic E-state index is 8.85. The van der Waals surface area contributed by atoms with Gasteiger partial charge in [0.25, 0.3) is 0 Å². The number of fused-ring (bicyclic) bond motifs is 5. The molecular weight excluding hydrogens is 250 g/mol. The third-order valence-corrected chi connectivity index (χ3v) is 5.47. The van der Waals surface area contributed by atoms with E-state index in [-0.39, 0.29) is 6.29 Å². The molecule has 0 aromatic heterocycles. The van der Waals surface area contributed by atoms with E-state index in [0.29, 0.717) is 17.4 Å². The number of nitrogens with zero attached hydrogens (tertiary/aromatic N) is 1. The second kappa shape index (κ2) is 4.87. The molecule has 3 heteroatoms. The third-order valence-electron chi connectivity index (χ3n) is 5.47. The Morgan fingerprint density at radius 3 is 2.10 bits per heavy atom. The van der Waals surface area contributed by atoms with E-state index in [2.05, 4.69) is 6.07 Å². The zero-order valence-corrected chi connectivity index (χ0v) is 11.5. The average molecular weight is 269 g/mol. The van der Waals surface area contributed by atoms with Crippen LogP contribution in [0.15, 0.2) is 24.3 Å². The first-order chi connectivity index (χ1) is 9.85. The van der Waals surface area contributed by atoms with Crippen molar-refractivity contribution in [2.45, 2.75) is 25.6 Å². The Hall–Kier alpha value is -1.37. The molecule has 3 nitrogen and oxygen atoms in total. The van der Waals surface area contributed by atoms with Gasteiger partial charge in [0, 0.05) is 5.56 Å². The summed E-state index contributed by atoms with van der Waals surface area (Å²) in [6, 6.07) is 9.69. The molecule has 5 atom stereocenters. The van der Waals surface area contributed by atoms with E-state index in [1.165, 1.54) is 19.3 Å². The Labute approximate surface area is 119 Å². The van der Waals surface area contributed by atoms with E-state index in [1.807, 2.05) is 24.3 Å². The largest absolute Gasteiger partial charge is 0.348 e. The number of benzene rings is 1. The number of hydrogen-bond acceptors (Lipinski definition) is 3. The molecule has 0 amide bonds. The van der Waals surface area contributed by atoms with Crippen molar-refractivity contribution in [3.63, 3.8) is 0 Å². The molecule has 2 saturated carbocycles. The molecule has 2 bridgehead atoms. The summed E-state index contributed by atoms with van der Waals surface area (Å²) in [7, 11) is 0. The van der Waals surface area contributed by atoms with Crippen molar-refractivity contribution in [2.75, 3.05) is 13.2 Å². The maximum absolute atomic E-state index is 8.85. The summed E-state index contributed by atoms with van der Waals surface area (Å²) in [6.45, 7) is 1.66. The third kappa shape index (κ3) is 1.95. The first kappa shape index (κ1) is 12.4. The van der Waals surface area contributed by atoms with E-state index in [4.69, 9.17) is 14.7 Å². The zero-order chi connectivity index (χ0) is 13.5. The van der Waals surface area contributed by atoms with E-state index >= 15 is 0 Å². The van der Waals surface area contributed by atoms with Crippen molar-refractivity contribution in [3.05, 3.63) is 35.4 Å². The number of rotatable bonds is 1. The molecule has 1 saturated heterocycles. The van der Waals surface area contributed by atoms with Crippen molar-refractivity contribution in [1.82, 2.24) is 0 Å². The summed E-state index contributed by atoms with van der Waals surface area (Å²) >= 11 is 0. The minimum Gasteiger partial charge on any atom is -0.348 e. The highest BCUT2D eigenvalue weighted by atomic mass is 16.7. The van der Waals surface area contributed by atoms with Crippen LogP contribution >= 0.6 is 0 Å². The number of nitriles is 1. The highest BCUT2D eigenvalue weighted by Gasteiger charge is 2.48. The van der Waals surface area contributed by atoms with E-state index in [1.54, 1.807) is 0 Å². The van der Waals surface area contributed by atoms with Gasteiger partial charge in [0.2, 0.25) is 0 Å². The molecule has 3 aliphatic rings. The second-order valence-electron chi connectivity index (χ2n) is 6.39. The molecule has 0 N–H and O–H groups in total. The van der Waals surface area contributed by atoms with Crippen LogP contribution in [0.25, 0.3) is 0 Å². The summed E-state index contributed by atoms with van der Waals surface area (Å²) in [4.78, 5) is 0. The maximum Gasteiger partial charge on any atom is 0.183 e. The molecule has 0 spiro atoms. The topological polar surface area (TPSA) is 42.2 Å². The molecule has 3 fully saturated rings. The molecule has 1 unspecified atom stereocenters. The van der Waals surface area contributed by atoms with E-state index < -0.39 is 0 Å². The fourth-order valence-electron chi connectivity index (χ4n) is 4.40. The van der Waals surface area contributed by atoms with Gasteiger partial charge in [0.15, 0.2) is 6.29 Å². The van der Waals surface area contributed by atoms with Crippen molar-refractivity contribution in [3.8, 4) is 6.07 Å². The lowest BCUT2D eigenvalue weighted by molar-refractivity contribution is -0.136. The van der Waals surface area contributed by atoms with Crippen LogP contribution in [0, 0.1) is 35.0 Å². The van der Waals surface area contributed by atoms with Crippen LogP contribution < -0.4 is 0 Å². The van der Waals surface area contributed by atoms with Gasteiger partial charge in [-0.05, 0) is 55.1 Å². The van der Waals surface area contributed by atoms with Gasteiger partial charge in [-0.15, -0.1) is 0 Å². The molecule has 1 aliphatic heterocycles. The van der Waals surface area contributed by atoms with Gasteiger partial charge >= 0.3 is 0 Å². The zero-order valence-electron chi connectivity index (χ0n) is 11.5. The van der Waals surface area contributed by atoms with Crippen molar-refractivity contribution in [1.29, 1.82) is 5.26 Å². The van der Waals surface area contributed by atoms with Crippen LogP contribution in [0.3, 0.4) is 0 Å². The molecule has 1 aromatic carbocycles. The van der Waals surface area contributed by atoms with Crippen molar-refractivity contribution in [2.24, 2.45) is 23.7 Å². The van der Waals surface area contributed by atoms with Gasteiger partial charge in [-0.3, -0.25) is 0 Å². The molecule has 1 aromatic rings. The predicted octanol–water partition coefficient (Wildman–Crippen LogP) is 3.27. The molecule has 2 aliphatic carbocycles. The van der Waals surface area contributed by atoms with Gasteiger partial charge in [-0.1, -0.05) is 12.1 Å². The highest BCUT2D eigenvalue weighted by Crippen LogP contribution is 2.53. The minimum absolute atomic E-state index is 0.257. The normalized spacial score (nSPS) is 39.0. The highest BCUT2D eigenvalue weighted by molar-refractivity contribution is 5.32. The SMILES string of the molecule is N#Cc1ccc(C2OC[C@@H]3[C@@H]4CC[C@@H](C4)[C@@H]3CO2)cc1. The minimum atomic E-state index is -0.257. The molecule has 20 heavy (non-hydrogen) atoms. The fourth-order valence-corrected chi connectivity index (χ4v) is 4.40. The number of hydrogen-bond donors (Lipinski definition) is 0. The molecule has 1 heterocycles. The lowest BCUT2D eigenvalue weighted by Gasteiger charge is -2.27. The summed E-state index contributed by atoms with van der Waals surface area (Å²) in [5.74, 6) is 3.15. The Morgan fingerprint density at radius 2 is 1.55 bits per heavy atom. The molecule has 104 valence electrons. The van der Waals surface area contributed by atoms with Crippen LogP contribution in [0.1, 0.15) is 36.7 Å². The Bertz CT molecular complexity index is 513. The smallest absolute Gasteiger partial charge is 0.183 e. The fraction of sp³-hybridized carbons (Fsp3) is 0.588.